The number of carboxylic acid groups (broad SMARTS) is 2. The number of aromatic carboxylic acids is 1. The number of carbonyl (C=O) groups is 2. The summed E-state index contributed by atoms with van der Waals surface area (Å²) in [5, 5.41) is 17.0. The molecule has 0 atom stereocenters. The topological polar surface area (TPSA) is 74.6 Å². The molecule has 0 fully saturated rings. The number of aliphatic carboxylic acids is 1. The highest BCUT2D eigenvalue weighted by Gasteiger charge is 2.13. The summed E-state index contributed by atoms with van der Waals surface area (Å²) in [4.78, 5) is 20.9. The maximum atomic E-state index is 12.9. The Labute approximate surface area is 94.5 Å². The largest absolute Gasteiger partial charge is 0.481 e. The van der Waals surface area contributed by atoms with E-state index in [1.54, 1.807) is 0 Å². The van der Waals surface area contributed by atoms with E-state index < -0.39 is 35.6 Å². The molecule has 6 heteroatoms. The van der Waals surface area contributed by atoms with Crippen LogP contribution in [-0.4, -0.2) is 22.2 Å². The van der Waals surface area contributed by atoms with Gasteiger partial charge >= 0.3 is 11.9 Å². The van der Waals surface area contributed by atoms with Crippen molar-refractivity contribution in [3.05, 3.63) is 34.9 Å². The van der Waals surface area contributed by atoms with E-state index in [-0.39, 0.29) is 5.56 Å². The molecule has 0 saturated heterocycles. The van der Waals surface area contributed by atoms with Crippen LogP contribution in [0.4, 0.5) is 8.78 Å². The molecule has 0 spiro atoms. The summed E-state index contributed by atoms with van der Waals surface area (Å²) in [7, 11) is 0. The number of benzene rings is 1. The SMILES string of the molecule is O=C(O)CC#Cc1cc(F)c(F)cc1C(=O)O. The fraction of sp³-hybridized carbons (Fsp3) is 0.0909. The lowest BCUT2D eigenvalue weighted by Gasteiger charge is -2.00. The van der Waals surface area contributed by atoms with Crippen LogP contribution in [0.15, 0.2) is 12.1 Å². The number of carboxylic acids is 2. The molecule has 17 heavy (non-hydrogen) atoms. The van der Waals surface area contributed by atoms with Gasteiger partial charge in [0, 0.05) is 5.56 Å². The van der Waals surface area contributed by atoms with Gasteiger partial charge in [-0.15, -0.1) is 0 Å². The summed E-state index contributed by atoms with van der Waals surface area (Å²) < 4.78 is 25.6. The lowest BCUT2D eigenvalue weighted by molar-refractivity contribution is -0.135. The summed E-state index contributed by atoms with van der Waals surface area (Å²) in [6.45, 7) is 0. The second-order valence-corrected chi connectivity index (χ2v) is 2.99. The van der Waals surface area contributed by atoms with Crippen LogP contribution < -0.4 is 0 Å². The van der Waals surface area contributed by atoms with E-state index in [1.165, 1.54) is 0 Å². The van der Waals surface area contributed by atoms with Gasteiger partial charge in [0.05, 0.1) is 5.56 Å². The first-order chi connectivity index (χ1) is 7.91. The molecule has 0 bridgehead atoms. The molecular weight excluding hydrogens is 234 g/mol. The lowest BCUT2D eigenvalue weighted by atomic mass is 10.1. The molecule has 1 aromatic carbocycles. The van der Waals surface area contributed by atoms with Gasteiger partial charge in [0.25, 0.3) is 0 Å². The Morgan fingerprint density at radius 3 is 2.29 bits per heavy atom. The summed E-state index contributed by atoms with van der Waals surface area (Å²) in [6.07, 6.45) is -0.516. The first kappa shape index (κ1) is 12.6. The third-order valence-corrected chi connectivity index (χ3v) is 1.75. The van der Waals surface area contributed by atoms with Crippen molar-refractivity contribution in [3.8, 4) is 11.8 Å². The zero-order chi connectivity index (χ0) is 13.0. The van der Waals surface area contributed by atoms with E-state index in [9.17, 15) is 18.4 Å². The van der Waals surface area contributed by atoms with Crippen LogP contribution in [0.3, 0.4) is 0 Å². The molecule has 0 aliphatic heterocycles. The molecule has 1 aromatic rings. The molecule has 0 heterocycles. The summed E-state index contributed by atoms with van der Waals surface area (Å²) in [6, 6.07) is 1.12. The Kier molecular flexibility index (Phi) is 3.78. The normalized spacial score (nSPS) is 9.29. The number of halogens is 2. The zero-order valence-electron chi connectivity index (χ0n) is 8.33. The number of rotatable bonds is 2. The minimum Gasteiger partial charge on any atom is -0.481 e. The standard InChI is InChI=1S/C11H6F2O4/c12-8-4-6(2-1-3-10(14)15)7(11(16)17)5-9(8)13/h4-5H,3H2,(H,14,15)(H,16,17). The van der Waals surface area contributed by atoms with Crippen molar-refractivity contribution < 1.29 is 28.6 Å². The van der Waals surface area contributed by atoms with Gasteiger partial charge in [-0.3, -0.25) is 4.79 Å². The quantitative estimate of drug-likeness (QED) is 0.768. The molecule has 1 rings (SSSR count). The van der Waals surface area contributed by atoms with Gasteiger partial charge < -0.3 is 10.2 Å². The van der Waals surface area contributed by atoms with Gasteiger partial charge in [-0.1, -0.05) is 11.8 Å². The molecule has 0 aliphatic carbocycles. The van der Waals surface area contributed by atoms with Crippen LogP contribution >= 0.6 is 0 Å². The van der Waals surface area contributed by atoms with Crippen molar-refractivity contribution in [2.45, 2.75) is 6.42 Å². The van der Waals surface area contributed by atoms with Gasteiger partial charge in [-0.05, 0) is 12.1 Å². The van der Waals surface area contributed by atoms with Crippen molar-refractivity contribution in [1.82, 2.24) is 0 Å². The van der Waals surface area contributed by atoms with Crippen LogP contribution in [0.25, 0.3) is 0 Å². The highest BCUT2D eigenvalue weighted by Crippen LogP contribution is 2.14. The van der Waals surface area contributed by atoms with Crippen LogP contribution in [0.2, 0.25) is 0 Å². The van der Waals surface area contributed by atoms with E-state index in [2.05, 4.69) is 11.8 Å². The zero-order valence-corrected chi connectivity index (χ0v) is 8.33. The van der Waals surface area contributed by atoms with Gasteiger partial charge in [-0.2, -0.15) is 0 Å². The van der Waals surface area contributed by atoms with E-state index in [0.29, 0.717) is 12.1 Å². The average Bonchev–Trinajstić information content (AvgIpc) is 2.22. The minimum absolute atomic E-state index is 0.266. The summed E-state index contributed by atoms with van der Waals surface area (Å²) in [5.41, 5.74) is -0.778. The highest BCUT2D eigenvalue weighted by molar-refractivity contribution is 5.90. The predicted molar refractivity (Wildman–Crippen MR) is 52.4 cm³/mol. The van der Waals surface area contributed by atoms with Crippen LogP contribution in [-0.2, 0) is 4.79 Å². The highest BCUT2D eigenvalue weighted by atomic mass is 19.2. The molecule has 2 N–H and O–H groups in total. The Hall–Kier alpha value is -2.42. The maximum Gasteiger partial charge on any atom is 0.337 e. The lowest BCUT2D eigenvalue weighted by Crippen LogP contribution is -2.03. The second kappa shape index (κ2) is 5.07. The fourth-order valence-electron chi connectivity index (χ4n) is 1.04. The first-order valence-electron chi connectivity index (χ1n) is 4.35. The minimum atomic E-state index is -1.47. The Bertz CT molecular complexity index is 540. The Balaban J connectivity index is 3.20. The number of hydrogen-bond acceptors (Lipinski definition) is 2. The van der Waals surface area contributed by atoms with Crippen LogP contribution in [0.5, 0.6) is 0 Å². The van der Waals surface area contributed by atoms with Crippen molar-refractivity contribution in [2.24, 2.45) is 0 Å². The maximum absolute atomic E-state index is 12.9. The van der Waals surface area contributed by atoms with Crippen molar-refractivity contribution >= 4 is 11.9 Å². The smallest absolute Gasteiger partial charge is 0.337 e. The monoisotopic (exact) mass is 240 g/mol. The van der Waals surface area contributed by atoms with Crippen molar-refractivity contribution in [1.29, 1.82) is 0 Å². The molecule has 4 nitrogen and oxygen atoms in total. The first-order valence-corrected chi connectivity index (χ1v) is 4.35. The summed E-state index contributed by atoms with van der Waals surface area (Å²) >= 11 is 0. The Morgan fingerprint density at radius 2 is 1.76 bits per heavy atom. The van der Waals surface area contributed by atoms with Gasteiger partial charge in [0.2, 0.25) is 0 Å². The molecule has 0 aliphatic rings. The Morgan fingerprint density at radius 1 is 1.18 bits per heavy atom. The molecule has 0 aromatic heterocycles. The molecule has 88 valence electrons. The fourth-order valence-corrected chi connectivity index (χ4v) is 1.04. The van der Waals surface area contributed by atoms with E-state index in [4.69, 9.17) is 10.2 Å². The molecule has 0 saturated carbocycles. The second-order valence-electron chi connectivity index (χ2n) is 2.99. The molecule has 0 radical (unpaired) electrons. The average molecular weight is 240 g/mol. The summed E-state index contributed by atoms with van der Waals surface area (Å²) in [5.74, 6) is -0.890. The van der Waals surface area contributed by atoms with E-state index in [0.717, 1.165) is 0 Å². The van der Waals surface area contributed by atoms with Crippen LogP contribution in [0.1, 0.15) is 22.3 Å². The third kappa shape index (κ3) is 3.28. The van der Waals surface area contributed by atoms with E-state index >= 15 is 0 Å². The molecule has 0 amide bonds. The third-order valence-electron chi connectivity index (χ3n) is 1.75. The molecule has 0 unspecified atom stereocenters. The van der Waals surface area contributed by atoms with Gasteiger partial charge in [0.1, 0.15) is 6.42 Å². The predicted octanol–water partition coefficient (Wildman–Crippen LogP) is 1.49. The van der Waals surface area contributed by atoms with Crippen LogP contribution in [0, 0.1) is 23.5 Å². The van der Waals surface area contributed by atoms with Gasteiger partial charge in [-0.25, -0.2) is 13.6 Å². The van der Waals surface area contributed by atoms with Gasteiger partial charge in [0.15, 0.2) is 11.6 Å². The van der Waals surface area contributed by atoms with E-state index in [1.807, 2.05) is 0 Å². The van der Waals surface area contributed by atoms with Crippen molar-refractivity contribution in [2.75, 3.05) is 0 Å². The van der Waals surface area contributed by atoms with Crippen molar-refractivity contribution in [3.63, 3.8) is 0 Å². The molecular formula is C11H6F2O4. The number of hydrogen-bond donors (Lipinski definition) is 2.